The summed E-state index contributed by atoms with van der Waals surface area (Å²) < 4.78 is 44.3. The third kappa shape index (κ3) is 5.06. The van der Waals surface area contributed by atoms with Gasteiger partial charge in [0.05, 0.1) is 30.7 Å². The molecule has 1 amide bonds. The summed E-state index contributed by atoms with van der Waals surface area (Å²) in [6.45, 7) is 3.53. The molecule has 0 aromatic heterocycles. The number of sulfonamides is 1. The van der Waals surface area contributed by atoms with Gasteiger partial charge in [0, 0.05) is 31.7 Å². The number of rotatable bonds is 6. The van der Waals surface area contributed by atoms with Crippen molar-refractivity contribution in [3.8, 4) is 0 Å². The van der Waals surface area contributed by atoms with E-state index in [4.69, 9.17) is 4.74 Å². The Balaban J connectivity index is 1.44. The number of hydrogen-bond acceptors (Lipinski definition) is 5. The Hall–Kier alpha value is -2.49. The number of halogens is 1. The van der Waals surface area contributed by atoms with Crippen molar-refractivity contribution < 1.29 is 22.3 Å². The van der Waals surface area contributed by atoms with Crippen LogP contribution in [-0.2, 0) is 14.8 Å². The van der Waals surface area contributed by atoms with Gasteiger partial charge in [0.1, 0.15) is 5.82 Å². The molecule has 7 nitrogen and oxygen atoms in total. The molecule has 166 valence electrons. The molecule has 2 saturated heterocycles. The normalized spacial score (nSPS) is 19.8. The summed E-state index contributed by atoms with van der Waals surface area (Å²) in [7, 11) is -3.25. The molecule has 0 radical (unpaired) electrons. The van der Waals surface area contributed by atoms with Gasteiger partial charge in [0.15, 0.2) is 0 Å². The first-order valence-corrected chi connectivity index (χ1v) is 12.0. The number of amides is 1. The van der Waals surface area contributed by atoms with E-state index in [0.29, 0.717) is 44.0 Å². The number of nitrogens with one attached hydrogen (secondary N) is 1. The summed E-state index contributed by atoms with van der Waals surface area (Å²) in [6.07, 6.45) is 0.608. The average Bonchev–Trinajstić information content (AvgIpc) is 3.14. The molecule has 2 aliphatic rings. The smallest absolute Gasteiger partial charge is 0.251 e. The zero-order valence-electron chi connectivity index (χ0n) is 17.2. The summed E-state index contributed by atoms with van der Waals surface area (Å²) in [4.78, 5) is 15.0. The van der Waals surface area contributed by atoms with E-state index in [0.717, 1.165) is 18.7 Å². The zero-order valence-corrected chi connectivity index (χ0v) is 18.0. The van der Waals surface area contributed by atoms with Gasteiger partial charge in [0.25, 0.3) is 5.91 Å². The number of anilines is 1. The van der Waals surface area contributed by atoms with Crippen LogP contribution in [0.4, 0.5) is 10.1 Å². The van der Waals surface area contributed by atoms with Crippen LogP contribution in [0.15, 0.2) is 48.5 Å². The van der Waals surface area contributed by atoms with E-state index in [9.17, 15) is 17.6 Å². The highest BCUT2D eigenvalue weighted by atomic mass is 32.2. The van der Waals surface area contributed by atoms with Gasteiger partial charge >= 0.3 is 0 Å². The molecule has 0 bridgehead atoms. The van der Waals surface area contributed by atoms with Crippen molar-refractivity contribution in [2.45, 2.75) is 12.5 Å². The predicted octanol–water partition coefficient (Wildman–Crippen LogP) is 2.17. The van der Waals surface area contributed by atoms with Crippen molar-refractivity contribution in [2.24, 2.45) is 0 Å². The number of hydrogen-bond donors (Lipinski definition) is 1. The number of benzene rings is 2. The summed E-state index contributed by atoms with van der Waals surface area (Å²) in [5, 5.41) is 2.97. The van der Waals surface area contributed by atoms with Crippen molar-refractivity contribution in [2.75, 3.05) is 49.5 Å². The zero-order chi connectivity index (χ0) is 21.8. The SMILES string of the molecule is O=C(NC[C@H](c1ccc(F)cc1)N1CCOCC1)c1ccc(N2CCCS2(=O)=O)cc1. The van der Waals surface area contributed by atoms with Crippen molar-refractivity contribution in [3.05, 3.63) is 65.5 Å². The van der Waals surface area contributed by atoms with E-state index < -0.39 is 10.0 Å². The van der Waals surface area contributed by atoms with Crippen LogP contribution in [0.25, 0.3) is 0 Å². The van der Waals surface area contributed by atoms with Crippen molar-refractivity contribution in [1.82, 2.24) is 10.2 Å². The topological polar surface area (TPSA) is 79.0 Å². The first kappa shape index (κ1) is 21.7. The Kier molecular flexibility index (Phi) is 6.54. The fourth-order valence-corrected chi connectivity index (χ4v) is 5.60. The molecule has 9 heteroatoms. The summed E-state index contributed by atoms with van der Waals surface area (Å²) in [6, 6.07) is 12.8. The molecule has 1 atom stereocenters. The largest absolute Gasteiger partial charge is 0.379 e. The number of carbonyl (C=O) groups excluding carboxylic acids is 1. The van der Waals surface area contributed by atoms with E-state index in [1.807, 2.05) is 0 Å². The Bertz CT molecular complexity index is 1010. The Morgan fingerprint density at radius 1 is 1.03 bits per heavy atom. The number of morpholine rings is 1. The van der Waals surface area contributed by atoms with Gasteiger partial charge in [-0.1, -0.05) is 12.1 Å². The van der Waals surface area contributed by atoms with Gasteiger partial charge in [-0.25, -0.2) is 12.8 Å². The van der Waals surface area contributed by atoms with Crippen molar-refractivity contribution in [1.29, 1.82) is 0 Å². The van der Waals surface area contributed by atoms with Crippen LogP contribution in [-0.4, -0.2) is 64.4 Å². The van der Waals surface area contributed by atoms with E-state index in [-0.39, 0.29) is 23.5 Å². The highest BCUT2D eigenvalue weighted by molar-refractivity contribution is 7.93. The van der Waals surface area contributed by atoms with Crippen LogP contribution in [0.2, 0.25) is 0 Å². The molecule has 0 saturated carbocycles. The van der Waals surface area contributed by atoms with Gasteiger partial charge < -0.3 is 10.1 Å². The maximum Gasteiger partial charge on any atom is 0.251 e. The minimum Gasteiger partial charge on any atom is -0.379 e. The standard InChI is InChI=1S/C22H26FN3O4S/c23-19-6-2-17(3-7-19)21(25-11-13-30-14-12-25)16-24-22(27)18-4-8-20(9-5-18)26-10-1-15-31(26,28)29/h2-9,21H,1,10-16H2,(H,24,27)/t21-/m1/s1. The molecular formula is C22H26FN3O4S. The van der Waals surface area contributed by atoms with Crippen LogP contribution in [0.3, 0.4) is 0 Å². The third-order valence-electron chi connectivity index (χ3n) is 5.71. The highest BCUT2D eigenvalue weighted by Gasteiger charge is 2.28. The van der Waals surface area contributed by atoms with E-state index in [1.54, 1.807) is 36.4 Å². The van der Waals surface area contributed by atoms with Crippen molar-refractivity contribution in [3.63, 3.8) is 0 Å². The minimum absolute atomic E-state index is 0.0949. The highest BCUT2D eigenvalue weighted by Crippen LogP contribution is 2.25. The number of carbonyl (C=O) groups is 1. The lowest BCUT2D eigenvalue weighted by Crippen LogP contribution is -2.43. The molecule has 2 aromatic carbocycles. The quantitative estimate of drug-likeness (QED) is 0.734. The molecule has 4 rings (SSSR count). The minimum atomic E-state index is -3.25. The van der Waals surface area contributed by atoms with Crippen molar-refractivity contribution >= 4 is 21.6 Å². The monoisotopic (exact) mass is 447 g/mol. The van der Waals surface area contributed by atoms with Crippen LogP contribution in [0, 0.1) is 5.82 Å². The lowest BCUT2D eigenvalue weighted by atomic mass is 10.0. The third-order valence-corrected chi connectivity index (χ3v) is 7.58. The molecule has 0 unspecified atom stereocenters. The predicted molar refractivity (Wildman–Crippen MR) is 116 cm³/mol. The average molecular weight is 448 g/mol. The van der Waals surface area contributed by atoms with Gasteiger partial charge in [-0.15, -0.1) is 0 Å². The number of ether oxygens (including phenoxy) is 1. The molecule has 0 spiro atoms. The van der Waals surface area contributed by atoms with Gasteiger partial charge in [0.2, 0.25) is 10.0 Å². The number of nitrogens with zero attached hydrogens (tertiary/aromatic N) is 2. The molecule has 2 fully saturated rings. The van der Waals surface area contributed by atoms with E-state index >= 15 is 0 Å². The fraction of sp³-hybridized carbons (Fsp3) is 0.409. The fourth-order valence-electron chi connectivity index (χ4n) is 4.03. The van der Waals surface area contributed by atoms with Crippen LogP contribution < -0.4 is 9.62 Å². The maximum atomic E-state index is 13.4. The molecule has 0 aliphatic carbocycles. The molecular weight excluding hydrogens is 421 g/mol. The van der Waals surface area contributed by atoms with Gasteiger partial charge in [-0.3, -0.25) is 14.0 Å². The molecule has 2 aromatic rings. The second-order valence-corrected chi connectivity index (χ2v) is 9.73. The summed E-state index contributed by atoms with van der Waals surface area (Å²) in [5.74, 6) is -0.383. The van der Waals surface area contributed by atoms with Gasteiger partial charge in [-0.05, 0) is 48.4 Å². The van der Waals surface area contributed by atoms with Crippen LogP contribution in [0.5, 0.6) is 0 Å². The Labute approximate surface area is 181 Å². The molecule has 31 heavy (non-hydrogen) atoms. The molecule has 2 aliphatic heterocycles. The summed E-state index contributed by atoms with van der Waals surface area (Å²) >= 11 is 0. The van der Waals surface area contributed by atoms with Crippen LogP contribution in [0.1, 0.15) is 28.4 Å². The Morgan fingerprint density at radius 2 is 1.71 bits per heavy atom. The first-order chi connectivity index (χ1) is 14.9. The second kappa shape index (κ2) is 9.33. The maximum absolute atomic E-state index is 13.4. The van der Waals surface area contributed by atoms with Gasteiger partial charge in [-0.2, -0.15) is 0 Å². The Morgan fingerprint density at radius 3 is 2.32 bits per heavy atom. The van der Waals surface area contributed by atoms with Crippen LogP contribution >= 0.6 is 0 Å². The van der Waals surface area contributed by atoms with E-state index in [1.165, 1.54) is 16.4 Å². The molecule has 1 N–H and O–H groups in total. The lowest BCUT2D eigenvalue weighted by Gasteiger charge is -2.35. The van der Waals surface area contributed by atoms with E-state index in [2.05, 4.69) is 10.2 Å². The lowest BCUT2D eigenvalue weighted by molar-refractivity contribution is 0.0162. The molecule has 2 heterocycles. The second-order valence-electron chi connectivity index (χ2n) is 7.71. The first-order valence-electron chi connectivity index (χ1n) is 10.4. The summed E-state index contributed by atoms with van der Waals surface area (Å²) in [5.41, 5.74) is 1.96.